The Balaban J connectivity index is 1.32. The first kappa shape index (κ1) is 28.2. The first-order valence-electron chi connectivity index (χ1n) is 12.3. The number of carbonyl (C=O) groups excluding carboxylic acids is 1. The minimum absolute atomic E-state index is 0.0722. The third kappa shape index (κ3) is 5.62. The van der Waals surface area contributed by atoms with Crippen LogP contribution in [0.1, 0.15) is 47.6 Å². The Bertz CT molecular complexity index is 1580. The predicted octanol–water partition coefficient (Wildman–Crippen LogP) is 6.39. The largest absolute Gasteiger partial charge is 0.772 e. The zero-order valence-corrected chi connectivity index (χ0v) is 23.7. The van der Waals surface area contributed by atoms with E-state index in [0.717, 1.165) is 5.56 Å². The molecular weight excluding hydrogens is 580 g/mol. The van der Waals surface area contributed by atoms with Gasteiger partial charge in [-0.25, -0.2) is 4.39 Å². The lowest BCUT2D eigenvalue weighted by Crippen LogP contribution is -2.16. The molecule has 1 heterocycles. The lowest BCUT2D eigenvalue weighted by Gasteiger charge is -2.17. The SMILES string of the molecule is COc1ccc(-c2noc(C3(c4c(Cl)cc(NC(=O)Cc5ccc(C(C)S(=O)[O-])cc5)cc4Cl)CC3)n2)c(F)c1. The molecule has 0 bridgehead atoms. The number of hydrogen-bond acceptors (Lipinski definition) is 7. The molecule has 0 saturated heterocycles. The molecule has 4 aromatic rings. The predicted molar refractivity (Wildman–Crippen MR) is 149 cm³/mol. The van der Waals surface area contributed by atoms with Crippen LogP contribution in [0.25, 0.3) is 11.4 Å². The molecule has 0 spiro atoms. The average molecular weight is 603 g/mol. The number of methoxy groups -OCH3 is 1. The van der Waals surface area contributed by atoms with Crippen LogP contribution in [0.5, 0.6) is 5.75 Å². The fourth-order valence-corrected chi connectivity index (χ4v) is 5.77. The van der Waals surface area contributed by atoms with Crippen LogP contribution in [0.2, 0.25) is 10.0 Å². The molecule has 2 unspecified atom stereocenters. The maximum Gasteiger partial charge on any atom is 0.237 e. The van der Waals surface area contributed by atoms with Gasteiger partial charge in [0.05, 0.1) is 24.5 Å². The van der Waals surface area contributed by atoms with Crippen LogP contribution in [-0.2, 0) is 27.7 Å². The summed E-state index contributed by atoms with van der Waals surface area (Å²) in [6, 6.07) is 14.4. The van der Waals surface area contributed by atoms with E-state index in [1.807, 2.05) is 0 Å². The Labute approximate surface area is 242 Å². The van der Waals surface area contributed by atoms with Gasteiger partial charge in [0.25, 0.3) is 0 Å². The summed E-state index contributed by atoms with van der Waals surface area (Å²) in [5.41, 5.74) is 1.83. The summed E-state index contributed by atoms with van der Waals surface area (Å²) in [5, 5.41) is 6.77. The highest BCUT2D eigenvalue weighted by molar-refractivity contribution is 7.79. The van der Waals surface area contributed by atoms with Crippen molar-refractivity contribution in [1.82, 2.24) is 10.1 Å². The van der Waals surface area contributed by atoms with Gasteiger partial charge in [-0.05, 0) is 66.2 Å². The zero-order chi connectivity index (χ0) is 28.6. The Morgan fingerprint density at radius 2 is 1.85 bits per heavy atom. The summed E-state index contributed by atoms with van der Waals surface area (Å²) in [4.78, 5) is 17.1. The first-order chi connectivity index (χ1) is 19.1. The van der Waals surface area contributed by atoms with E-state index >= 15 is 0 Å². The van der Waals surface area contributed by atoms with Crippen molar-refractivity contribution in [2.24, 2.45) is 0 Å². The van der Waals surface area contributed by atoms with Gasteiger partial charge < -0.3 is 19.1 Å². The molecule has 5 rings (SSSR count). The molecule has 8 nitrogen and oxygen atoms in total. The summed E-state index contributed by atoms with van der Waals surface area (Å²) < 4.78 is 47.5. The van der Waals surface area contributed by atoms with Gasteiger partial charge in [-0.15, -0.1) is 0 Å². The van der Waals surface area contributed by atoms with Crippen molar-refractivity contribution >= 4 is 45.9 Å². The molecule has 3 aromatic carbocycles. The highest BCUT2D eigenvalue weighted by Crippen LogP contribution is 2.57. The van der Waals surface area contributed by atoms with Gasteiger partial charge in [0.15, 0.2) is 0 Å². The van der Waals surface area contributed by atoms with Crippen molar-refractivity contribution in [3.8, 4) is 17.1 Å². The second kappa shape index (κ2) is 11.3. The Morgan fingerprint density at radius 1 is 1.18 bits per heavy atom. The van der Waals surface area contributed by atoms with Gasteiger partial charge in [-0.1, -0.05) is 52.6 Å². The number of ether oxygens (including phenoxy) is 1. The van der Waals surface area contributed by atoms with Crippen molar-refractivity contribution in [2.75, 3.05) is 12.4 Å². The molecule has 1 aromatic heterocycles. The molecule has 12 heteroatoms. The van der Waals surface area contributed by atoms with Gasteiger partial charge in [-0.3, -0.25) is 9.00 Å². The number of hydrogen-bond donors (Lipinski definition) is 1. The fraction of sp³-hybridized carbons (Fsp3) is 0.250. The summed E-state index contributed by atoms with van der Waals surface area (Å²) in [7, 11) is 1.45. The van der Waals surface area contributed by atoms with Crippen molar-refractivity contribution < 1.29 is 27.2 Å². The number of aromatic nitrogens is 2. The molecule has 1 aliphatic carbocycles. The smallest absolute Gasteiger partial charge is 0.237 e. The monoisotopic (exact) mass is 602 g/mol. The van der Waals surface area contributed by atoms with Crippen LogP contribution < -0.4 is 10.1 Å². The molecule has 0 radical (unpaired) electrons. The van der Waals surface area contributed by atoms with Gasteiger partial charge in [0.1, 0.15) is 11.6 Å². The Kier molecular flexibility index (Phi) is 7.96. The average Bonchev–Trinajstić information content (AvgIpc) is 3.55. The van der Waals surface area contributed by atoms with Crippen molar-refractivity contribution in [3.05, 3.63) is 93.0 Å². The first-order valence-corrected chi connectivity index (χ1v) is 14.1. The van der Waals surface area contributed by atoms with E-state index in [4.69, 9.17) is 32.5 Å². The van der Waals surface area contributed by atoms with Crippen LogP contribution >= 0.6 is 23.2 Å². The van der Waals surface area contributed by atoms with E-state index in [1.165, 1.54) is 19.2 Å². The second-order valence-corrected chi connectivity index (χ2v) is 11.6. The maximum absolute atomic E-state index is 14.6. The Hall–Kier alpha value is -3.31. The van der Waals surface area contributed by atoms with E-state index < -0.39 is 27.6 Å². The number of carbonyl (C=O) groups is 1. The van der Waals surface area contributed by atoms with Gasteiger partial charge in [-0.2, -0.15) is 4.98 Å². The van der Waals surface area contributed by atoms with Crippen LogP contribution in [0.15, 0.2) is 59.1 Å². The van der Waals surface area contributed by atoms with Gasteiger partial charge >= 0.3 is 0 Å². The number of nitrogens with zero attached hydrogens (tertiary/aromatic N) is 2. The molecule has 0 aliphatic heterocycles. The molecule has 1 amide bonds. The van der Waals surface area contributed by atoms with E-state index in [-0.39, 0.29) is 29.6 Å². The molecule has 1 fully saturated rings. The highest BCUT2D eigenvalue weighted by atomic mass is 35.5. The summed E-state index contributed by atoms with van der Waals surface area (Å²) in [6.07, 6.45) is 1.38. The van der Waals surface area contributed by atoms with Crippen molar-refractivity contribution in [2.45, 2.75) is 36.9 Å². The number of benzene rings is 3. The summed E-state index contributed by atoms with van der Waals surface area (Å²) in [6.45, 7) is 1.59. The second-order valence-electron chi connectivity index (χ2n) is 9.54. The highest BCUT2D eigenvalue weighted by Gasteiger charge is 2.53. The topological polar surface area (TPSA) is 117 Å². The lowest BCUT2D eigenvalue weighted by atomic mass is 9.95. The van der Waals surface area contributed by atoms with Crippen LogP contribution in [0.3, 0.4) is 0 Å². The molecule has 2 atom stereocenters. The maximum atomic E-state index is 14.6. The minimum Gasteiger partial charge on any atom is -0.772 e. The number of amides is 1. The lowest BCUT2D eigenvalue weighted by molar-refractivity contribution is -0.115. The molecule has 1 saturated carbocycles. The van der Waals surface area contributed by atoms with E-state index in [1.54, 1.807) is 49.4 Å². The van der Waals surface area contributed by atoms with Crippen LogP contribution in [-0.4, -0.2) is 31.9 Å². The standard InChI is InChI=1S/C28H24Cl2FN3O5S/c1-15(40(36)37)17-5-3-16(4-6-17)11-24(35)32-18-12-21(29)25(22(30)13-18)28(9-10-28)27-33-26(34-39-27)20-8-7-19(38-2)14-23(20)31/h3-8,12-15H,9-11H2,1-2H3,(H,32,35)(H,36,37)/p-1. The quantitative estimate of drug-likeness (QED) is 0.220. The molecular formula is C28H23Cl2FN3O5S-. The third-order valence-corrected chi connectivity index (χ3v) is 8.36. The number of rotatable bonds is 9. The van der Waals surface area contributed by atoms with Gasteiger partial charge in [0.2, 0.25) is 17.6 Å². The van der Waals surface area contributed by atoms with E-state index in [0.29, 0.717) is 45.5 Å². The van der Waals surface area contributed by atoms with Crippen molar-refractivity contribution in [1.29, 1.82) is 0 Å². The third-order valence-electron chi connectivity index (χ3n) is 6.91. The van der Waals surface area contributed by atoms with Crippen LogP contribution in [0.4, 0.5) is 10.1 Å². The van der Waals surface area contributed by atoms with E-state index in [9.17, 15) is 17.9 Å². The van der Waals surface area contributed by atoms with Crippen molar-refractivity contribution in [3.63, 3.8) is 0 Å². The summed E-state index contributed by atoms with van der Waals surface area (Å²) in [5.74, 6) is -0.0934. The van der Waals surface area contributed by atoms with Gasteiger partial charge in [0, 0.05) is 32.6 Å². The van der Waals surface area contributed by atoms with E-state index in [2.05, 4.69) is 15.5 Å². The molecule has 40 heavy (non-hydrogen) atoms. The fourth-order valence-electron chi connectivity index (χ4n) is 4.54. The number of nitrogens with one attached hydrogen (secondary N) is 1. The van der Waals surface area contributed by atoms with Crippen LogP contribution in [0, 0.1) is 5.82 Å². The summed E-state index contributed by atoms with van der Waals surface area (Å²) >= 11 is 11.1. The molecule has 1 aliphatic rings. The normalized spacial score (nSPS) is 15.3. The molecule has 1 N–H and O–H groups in total. The number of halogens is 3. The Morgan fingerprint density at radius 3 is 2.42 bits per heavy atom. The molecule has 208 valence electrons. The minimum atomic E-state index is -2.22. The zero-order valence-electron chi connectivity index (χ0n) is 21.4. The number of anilines is 1.